The molecule has 1 aromatic rings. The number of likely N-dealkylation sites (tertiary alicyclic amines) is 1. The number of hydrogen-bond acceptors (Lipinski definition) is 2. The average molecular weight is 241 g/mol. The maximum absolute atomic E-state index is 11.6. The van der Waals surface area contributed by atoms with E-state index in [0.717, 1.165) is 5.56 Å². The Morgan fingerprint density at radius 2 is 2.25 bits per heavy atom. The van der Waals surface area contributed by atoms with Crippen LogP contribution in [0.25, 0.3) is 0 Å². The quantitative estimate of drug-likeness (QED) is 0.787. The summed E-state index contributed by atoms with van der Waals surface area (Å²) < 4.78 is 0. The van der Waals surface area contributed by atoms with Crippen LogP contribution in [0.4, 0.5) is 10.5 Å². The van der Waals surface area contributed by atoms with Crippen LogP contribution in [0.15, 0.2) is 18.2 Å². The molecule has 1 aromatic carbocycles. The molecular formula is C11H13ClN2O2. The van der Waals surface area contributed by atoms with E-state index in [1.54, 1.807) is 17.0 Å². The molecule has 1 aliphatic heterocycles. The van der Waals surface area contributed by atoms with Gasteiger partial charge in [-0.15, -0.1) is 0 Å². The first-order valence-corrected chi connectivity index (χ1v) is 5.44. The third-order valence-electron chi connectivity index (χ3n) is 2.57. The summed E-state index contributed by atoms with van der Waals surface area (Å²) in [7, 11) is 0. The van der Waals surface area contributed by atoms with E-state index in [0.29, 0.717) is 23.8 Å². The summed E-state index contributed by atoms with van der Waals surface area (Å²) in [5.74, 6) is 0. The largest absolute Gasteiger partial charge is 0.389 e. The topological polar surface area (TPSA) is 52.6 Å². The first-order chi connectivity index (χ1) is 7.56. The van der Waals surface area contributed by atoms with E-state index in [9.17, 15) is 4.79 Å². The summed E-state index contributed by atoms with van der Waals surface area (Å²) in [4.78, 5) is 13.1. The standard InChI is InChI=1S/C11H13ClN2O2/c1-7-2-3-8(4-10(7)12)13-11(16)14-5-9(15)6-14/h2-4,9,15H,5-6H2,1H3,(H,13,16). The Labute approximate surface area is 98.8 Å². The van der Waals surface area contributed by atoms with Gasteiger partial charge < -0.3 is 15.3 Å². The highest BCUT2D eigenvalue weighted by atomic mass is 35.5. The van der Waals surface area contributed by atoms with E-state index in [1.165, 1.54) is 0 Å². The number of urea groups is 1. The number of benzene rings is 1. The van der Waals surface area contributed by atoms with Crippen molar-refractivity contribution in [2.45, 2.75) is 13.0 Å². The van der Waals surface area contributed by atoms with Crippen molar-refractivity contribution < 1.29 is 9.90 Å². The van der Waals surface area contributed by atoms with E-state index in [1.807, 2.05) is 13.0 Å². The molecule has 5 heteroatoms. The summed E-state index contributed by atoms with van der Waals surface area (Å²) in [6.07, 6.45) is -0.382. The zero-order chi connectivity index (χ0) is 11.7. The zero-order valence-electron chi connectivity index (χ0n) is 8.90. The van der Waals surface area contributed by atoms with Gasteiger partial charge in [0, 0.05) is 10.7 Å². The Balaban J connectivity index is 1.98. The molecule has 0 aromatic heterocycles. The third-order valence-corrected chi connectivity index (χ3v) is 2.98. The molecule has 4 nitrogen and oxygen atoms in total. The second-order valence-corrected chi connectivity index (χ2v) is 4.36. The maximum Gasteiger partial charge on any atom is 0.322 e. The van der Waals surface area contributed by atoms with E-state index in [-0.39, 0.29) is 12.1 Å². The van der Waals surface area contributed by atoms with Crippen molar-refractivity contribution in [3.05, 3.63) is 28.8 Å². The molecule has 0 bridgehead atoms. The Bertz CT molecular complexity index is 416. The maximum atomic E-state index is 11.6. The van der Waals surface area contributed by atoms with Crippen molar-refractivity contribution in [1.29, 1.82) is 0 Å². The first-order valence-electron chi connectivity index (χ1n) is 5.06. The molecule has 86 valence electrons. The lowest BCUT2D eigenvalue weighted by Crippen LogP contribution is -2.54. The van der Waals surface area contributed by atoms with E-state index in [4.69, 9.17) is 16.7 Å². The van der Waals surface area contributed by atoms with Gasteiger partial charge in [-0.3, -0.25) is 0 Å². The predicted octanol–water partition coefficient (Wildman–Crippen LogP) is 1.86. The zero-order valence-corrected chi connectivity index (χ0v) is 9.66. The van der Waals surface area contributed by atoms with E-state index < -0.39 is 0 Å². The van der Waals surface area contributed by atoms with Crippen LogP contribution in [0.2, 0.25) is 5.02 Å². The van der Waals surface area contributed by atoms with Gasteiger partial charge in [-0.1, -0.05) is 17.7 Å². The normalized spacial score (nSPS) is 15.8. The monoisotopic (exact) mass is 240 g/mol. The van der Waals surface area contributed by atoms with Crippen molar-refractivity contribution in [1.82, 2.24) is 4.90 Å². The molecule has 2 amide bonds. The van der Waals surface area contributed by atoms with Gasteiger partial charge in [0.1, 0.15) is 0 Å². The molecule has 1 aliphatic rings. The smallest absolute Gasteiger partial charge is 0.322 e. The number of amides is 2. The molecule has 1 heterocycles. The number of rotatable bonds is 1. The Hall–Kier alpha value is -1.26. The highest BCUT2D eigenvalue weighted by Crippen LogP contribution is 2.20. The number of carbonyl (C=O) groups is 1. The van der Waals surface area contributed by atoms with Gasteiger partial charge in [-0.2, -0.15) is 0 Å². The van der Waals surface area contributed by atoms with Crippen LogP contribution >= 0.6 is 11.6 Å². The number of β-amino-alcohol motifs (C(OH)–C–C–N with tert-alkyl or cyclic N) is 1. The second-order valence-electron chi connectivity index (χ2n) is 3.95. The summed E-state index contributed by atoms with van der Waals surface area (Å²) in [6.45, 7) is 2.69. The number of hydrogen-bond donors (Lipinski definition) is 2. The van der Waals surface area contributed by atoms with Crippen LogP contribution < -0.4 is 5.32 Å². The van der Waals surface area contributed by atoms with Crippen LogP contribution in [0.1, 0.15) is 5.56 Å². The summed E-state index contributed by atoms with van der Waals surface area (Å²) in [5, 5.41) is 12.4. The number of carbonyl (C=O) groups excluding carboxylic acids is 1. The Morgan fingerprint density at radius 3 is 2.81 bits per heavy atom. The number of aryl methyl sites for hydroxylation is 1. The minimum absolute atomic E-state index is 0.204. The molecule has 0 aliphatic carbocycles. The van der Waals surface area contributed by atoms with Crippen molar-refractivity contribution in [3.63, 3.8) is 0 Å². The summed E-state index contributed by atoms with van der Waals surface area (Å²) >= 11 is 5.94. The number of halogens is 1. The molecule has 16 heavy (non-hydrogen) atoms. The van der Waals surface area contributed by atoms with Gasteiger partial charge in [-0.25, -0.2) is 4.79 Å². The highest BCUT2D eigenvalue weighted by molar-refractivity contribution is 6.31. The fourth-order valence-electron chi connectivity index (χ4n) is 1.49. The molecule has 0 radical (unpaired) electrons. The Kier molecular flexibility index (Phi) is 3.03. The summed E-state index contributed by atoms with van der Waals surface area (Å²) in [5.41, 5.74) is 1.64. The Morgan fingerprint density at radius 1 is 1.56 bits per heavy atom. The number of anilines is 1. The predicted molar refractivity (Wildman–Crippen MR) is 62.8 cm³/mol. The van der Waals surface area contributed by atoms with Gasteiger partial charge in [-0.05, 0) is 24.6 Å². The number of aliphatic hydroxyl groups excluding tert-OH is 1. The molecule has 2 N–H and O–H groups in total. The second kappa shape index (κ2) is 4.31. The van der Waals surface area contributed by atoms with Crippen LogP contribution in [0, 0.1) is 6.92 Å². The van der Waals surface area contributed by atoms with Crippen molar-refractivity contribution in [3.8, 4) is 0 Å². The van der Waals surface area contributed by atoms with Gasteiger partial charge >= 0.3 is 6.03 Å². The molecule has 1 fully saturated rings. The fraction of sp³-hybridized carbons (Fsp3) is 0.364. The number of nitrogens with zero attached hydrogens (tertiary/aromatic N) is 1. The van der Waals surface area contributed by atoms with Gasteiger partial charge in [0.25, 0.3) is 0 Å². The minimum Gasteiger partial charge on any atom is -0.389 e. The van der Waals surface area contributed by atoms with Crippen LogP contribution in [-0.4, -0.2) is 35.2 Å². The minimum atomic E-state index is -0.382. The van der Waals surface area contributed by atoms with E-state index in [2.05, 4.69) is 5.32 Å². The van der Waals surface area contributed by atoms with Crippen LogP contribution in [0.3, 0.4) is 0 Å². The fourth-order valence-corrected chi connectivity index (χ4v) is 1.67. The molecule has 0 atom stereocenters. The first kappa shape index (κ1) is 11.2. The van der Waals surface area contributed by atoms with Crippen LogP contribution in [0.5, 0.6) is 0 Å². The van der Waals surface area contributed by atoms with E-state index >= 15 is 0 Å². The third kappa shape index (κ3) is 2.28. The van der Waals surface area contributed by atoms with Crippen LogP contribution in [-0.2, 0) is 0 Å². The summed E-state index contributed by atoms with van der Waals surface area (Å²) in [6, 6.07) is 5.16. The van der Waals surface area contributed by atoms with Gasteiger partial charge in [0.05, 0.1) is 19.2 Å². The SMILES string of the molecule is Cc1ccc(NC(=O)N2CC(O)C2)cc1Cl. The van der Waals surface area contributed by atoms with Crippen molar-refractivity contribution >= 4 is 23.3 Å². The average Bonchev–Trinajstić information content (AvgIpc) is 2.19. The van der Waals surface area contributed by atoms with Gasteiger partial charge in [0.15, 0.2) is 0 Å². The highest BCUT2D eigenvalue weighted by Gasteiger charge is 2.28. The molecule has 0 saturated carbocycles. The number of aliphatic hydroxyl groups is 1. The van der Waals surface area contributed by atoms with Crippen molar-refractivity contribution in [2.75, 3.05) is 18.4 Å². The molecule has 0 unspecified atom stereocenters. The lowest BCUT2D eigenvalue weighted by Gasteiger charge is -2.35. The van der Waals surface area contributed by atoms with Crippen molar-refractivity contribution in [2.24, 2.45) is 0 Å². The molecular weight excluding hydrogens is 228 g/mol. The molecule has 2 rings (SSSR count). The van der Waals surface area contributed by atoms with Gasteiger partial charge in [0.2, 0.25) is 0 Å². The molecule has 0 spiro atoms. The molecule has 1 saturated heterocycles. The number of nitrogens with one attached hydrogen (secondary N) is 1. The lowest BCUT2D eigenvalue weighted by molar-refractivity contribution is 0.0309. The lowest BCUT2D eigenvalue weighted by atomic mass is 10.2.